The van der Waals surface area contributed by atoms with Gasteiger partial charge in [-0.1, -0.05) is 19.1 Å². The van der Waals surface area contributed by atoms with Gasteiger partial charge in [0.2, 0.25) is 15.9 Å². The van der Waals surface area contributed by atoms with Crippen LogP contribution >= 0.6 is 11.3 Å². The van der Waals surface area contributed by atoms with Crippen LogP contribution in [0.5, 0.6) is 0 Å². The molecule has 0 atom stereocenters. The molecule has 28 heavy (non-hydrogen) atoms. The first kappa shape index (κ1) is 22.3. The van der Waals surface area contributed by atoms with Gasteiger partial charge in [0.25, 0.3) is 10.0 Å². The van der Waals surface area contributed by atoms with E-state index in [9.17, 15) is 21.6 Å². The van der Waals surface area contributed by atoms with Gasteiger partial charge in [-0.25, -0.2) is 16.8 Å². The number of sulfonamides is 2. The van der Waals surface area contributed by atoms with E-state index in [1.54, 1.807) is 43.5 Å². The fourth-order valence-electron chi connectivity index (χ4n) is 2.41. The molecular formula is C17H23N3O5S3. The molecule has 1 amide bonds. The second-order valence-corrected chi connectivity index (χ2v) is 11.2. The molecule has 154 valence electrons. The van der Waals surface area contributed by atoms with E-state index >= 15 is 0 Å². The van der Waals surface area contributed by atoms with Crippen LogP contribution in [0.1, 0.15) is 18.9 Å². The summed E-state index contributed by atoms with van der Waals surface area (Å²) in [6.07, 6.45) is 0.482. The number of hydrogen-bond acceptors (Lipinski definition) is 6. The van der Waals surface area contributed by atoms with Crippen LogP contribution in [0.4, 0.5) is 11.4 Å². The Morgan fingerprint density at radius 3 is 2.39 bits per heavy atom. The zero-order chi connectivity index (χ0) is 20.9. The van der Waals surface area contributed by atoms with E-state index in [1.165, 1.54) is 13.1 Å². The third-order valence-corrected chi connectivity index (χ3v) is 8.53. The van der Waals surface area contributed by atoms with E-state index in [0.717, 1.165) is 15.6 Å². The number of anilines is 2. The lowest BCUT2D eigenvalue weighted by Gasteiger charge is -2.17. The third kappa shape index (κ3) is 5.53. The van der Waals surface area contributed by atoms with Crippen LogP contribution in [-0.4, -0.2) is 46.4 Å². The molecule has 0 radical (unpaired) electrons. The van der Waals surface area contributed by atoms with E-state index in [2.05, 4.69) is 10.0 Å². The summed E-state index contributed by atoms with van der Waals surface area (Å²) in [5.41, 5.74) is 1.31. The van der Waals surface area contributed by atoms with Crippen molar-refractivity contribution in [3.8, 4) is 0 Å². The molecule has 8 nitrogen and oxygen atoms in total. The molecular weight excluding hydrogens is 422 g/mol. The Morgan fingerprint density at radius 2 is 1.79 bits per heavy atom. The molecule has 0 unspecified atom stereocenters. The van der Waals surface area contributed by atoms with Crippen LogP contribution in [0.25, 0.3) is 0 Å². The van der Waals surface area contributed by atoms with Crippen molar-refractivity contribution >= 4 is 48.7 Å². The van der Waals surface area contributed by atoms with Gasteiger partial charge in [-0.2, -0.15) is 4.31 Å². The maximum absolute atomic E-state index is 12.4. The second kappa shape index (κ2) is 9.03. The molecule has 0 spiro atoms. The number of carbonyl (C=O) groups is 1. The van der Waals surface area contributed by atoms with Crippen molar-refractivity contribution in [2.45, 2.75) is 24.5 Å². The van der Waals surface area contributed by atoms with Crippen LogP contribution in [0, 0.1) is 6.92 Å². The van der Waals surface area contributed by atoms with Crippen LogP contribution in [0.15, 0.2) is 39.9 Å². The maximum atomic E-state index is 12.4. The van der Waals surface area contributed by atoms with Crippen LogP contribution in [-0.2, 0) is 24.8 Å². The standard InChI is InChI=1S/C17H23N3O5S3/c1-4-11-27(22,23)19-15-8-5-7-14(13(15)2)18-16(21)12-20(3)28(24,25)17-9-6-10-26-17/h5-10,19H,4,11-12H2,1-3H3,(H,18,21). The molecule has 0 aliphatic heterocycles. The summed E-state index contributed by atoms with van der Waals surface area (Å²) >= 11 is 1.08. The minimum absolute atomic E-state index is 0.00555. The zero-order valence-corrected chi connectivity index (χ0v) is 18.2. The molecule has 2 rings (SSSR count). The van der Waals surface area contributed by atoms with Gasteiger partial charge >= 0.3 is 0 Å². The van der Waals surface area contributed by atoms with Gasteiger partial charge in [-0.15, -0.1) is 11.3 Å². The molecule has 0 fully saturated rings. The number of hydrogen-bond donors (Lipinski definition) is 2. The van der Waals surface area contributed by atoms with Crippen LogP contribution in [0.3, 0.4) is 0 Å². The average molecular weight is 446 g/mol. The number of nitrogens with one attached hydrogen (secondary N) is 2. The Balaban J connectivity index is 2.11. The predicted molar refractivity (Wildman–Crippen MR) is 112 cm³/mol. The Morgan fingerprint density at radius 1 is 1.11 bits per heavy atom. The van der Waals surface area contributed by atoms with Crippen molar-refractivity contribution in [3.05, 3.63) is 41.3 Å². The van der Waals surface area contributed by atoms with Gasteiger partial charge < -0.3 is 5.32 Å². The third-order valence-electron chi connectivity index (χ3n) is 3.87. The lowest BCUT2D eigenvalue weighted by Crippen LogP contribution is -2.34. The Labute approximate surface area is 169 Å². The number of nitrogens with zero attached hydrogens (tertiary/aromatic N) is 1. The average Bonchev–Trinajstić information content (AvgIpc) is 3.13. The number of likely N-dealkylation sites (N-methyl/N-ethyl adjacent to an activating group) is 1. The van der Waals surface area contributed by atoms with Gasteiger partial charge in [0.15, 0.2) is 0 Å². The van der Waals surface area contributed by atoms with Gasteiger partial charge in [0.1, 0.15) is 4.21 Å². The van der Waals surface area contributed by atoms with Crippen molar-refractivity contribution in [1.82, 2.24) is 4.31 Å². The summed E-state index contributed by atoms with van der Waals surface area (Å²) in [4.78, 5) is 12.3. The van der Waals surface area contributed by atoms with Crippen molar-refractivity contribution in [2.24, 2.45) is 0 Å². The highest BCUT2D eigenvalue weighted by Crippen LogP contribution is 2.25. The molecule has 0 aliphatic rings. The summed E-state index contributed by atoms with van der Waals surface area (Å²) in [5.74, 6) is -0.534. The number of carbonyl (C=O) groups excluding carboxylic acids is 1. The fraction of sp³-hybridized carbons (Fsp3) is 0.353. The van der Waals surface area contributed by atoms with E-state index in [0.29, 0.717) is 23.4 Å². The van der Waals surface area contributed by atoms with Gasteiger partial charge in [0, 0.05) is 12.7 Å². The molecule has 0 saturated carbocycles. The van der Waals surface area contributed by atoms with Crippen LogP contribution < -0.4 is 10.0 Å². The highest BCUT2D eigenvalue weighted by atomic mass is 32.2. The lowest BCUT2D eigenvalue weighted by molar-refractivity contribution is -0.116. The van der Waals surface area contributed by atoms with Crippen LogP contribution in [0.2, 0.25) is 0 Å². The van der Waals surface area contributed by atoms with Gasteiger partial charge in [0.05, 0.1) is 18.0 Å². The number of rotatable bonds is 9. The molecule has 2 N–H and O–H groups in total. The number of benzene rings is 1. The molecule has 0 saturated heterocycles. The first-order chi connectivity index (χ1) is 13.1. The minimum atomic E-state index is -3.73. The highest BCUT2D eigenvalue weighted by Gasteiger charge is 2.24. The number of thiophene rings is 1. The molecule has 2 aromatic rings. The maximum Gasteiger partial charge on any atom is 0.252 e. The fourth-order valence-corrected chi connectivity index (χ4v) is 5.93. The van der Waals surface area contributed by atoms with E-state index < -0.39 is 26.0 Å². The minimum Gasteiger partial charge on any atom is -0.325 e. The van der Waals surface area contributed by atoms with Crippen molar-refractivity contribution < 1.29 is 21.6 Å². The summed E-state index contributed by atoms with van der Waals surface area (Å²) in [5, 5.41) is 4.29. The van der Waals surface area contributed by atoms with Gasteiger partial charge in [-0.05, 0) is 42.5 Å². The Kier molecular flexibility index (Phi) is 7.21. The normalized spacial score (nSPS) is 12.1. The smallest absolute Gasteiger partial charge is 0.252 e. The summed E-state index contributed by atoms with van der Waals surface area (Å²) in [7, 11) is -5.87. The molecule has 1 aromatic heterocycles. The zero-order valence-electron chi connectivity index (χ0n) is 15.8. The summed E-state index contributed by atoms with van der Waals surface area (Å²) in [6.45, 7) is 3.07. The molecule has 0 bridgehead atoms. The van der Waals surface area contributed by atoms with Crippen molar-refractivity contribution in [1.29, 1.82) is 0 Å². The van der Waals surface area contributed by atoms with Crippen molar-refractivity contribution in [2.75, 3.05) is 29.4 Å². The van der Waals surface area contributed by atoms with E-state index in [-0.39, 0.29) is 16.5 Å². The SMILES string of the molecule is CCCS(=O)(=O)Nc1cccc(NC(=O)CN(C)S(=O)(=O)c2cccs2)c1C. The number of amides is 1. The monoisotopic (exact) mass is 445 g/mol. The molecule has 1 heterocycles. The molecule has 11 heteroatoms. The molecule has 1 aromatic carbocycles. The Hall–Kier alpha value is -1.95. The molecule has 0 aliphatic carbocycles. The first-order valence-corrected chi connectivity index (χ1v) is 12.4. The van der Waals surface area contributed by atoms with Gasteiger partial charge in [-0.3, -0.25) is 9.52 Å². The summed E-state index contributed by atoms with van der Waals surface area (Å²) in [6, 6.07) is 7.94. The van der Waals surface area contributed by atoms with Crippen molar-refractivity contribution in [3.63, 3.8) is 0 Å². The highest BCUT2D eigenvalue weighted by molar-refractivity contribution is 7.92. The largest absolute Gasteiger partial charge is 0.325 e. The first-order valence-electron chi connectivity index (χ1n) is 8.46. The Bertz CT molecular complexity index is 1030. The predicted octanol–water partition coefficient (Wildman–Crippen LogP) is 2.47. The second-order valence-electron chi connectivity index (χ2n) is 6.14. The van der Waals surface area contributed by atoms with E-state index in [1.807, 2.05) is 0 Å². The quantitative estimate of drug-likeness (QED) is 0.616. The lowest BCUT2D eigenvalue weighted by atomic mass is 10.1. The summed E-state index contributed by atoms with van der Waals surface area (Å²) < 4.78 is 52.4. The van der Waals surface area contributed by atoms with E-state index in [4.69, 9.17) is 0 Å². The topological polar surface area (TPSA) is 113 Å².